The number of rotatable bonds is 4. The van der Waals surface area contributed by atoms with Gasteiger partial charge in [0.2, 0.25) is 0 Å². The second-order valence-corrected chi connectivity index (χ2v) is 7.56. The van der Waals surface area contributed by atoms with Crippen molar-refractivity contribution in [1.29, 1.82) is 5.26 Å². The molecule has 0 atom stereocenters. The molecule has 0 radical (unpaired) electrons. The molecule has 0 unspecified atom stereocenters. The molecule has 132 valence electrons. The molecule has 3 aromatic heterocycles. The van der Waals surface area contributed by atoms with E-state index in [1.165, 1.54) is 11.8 Å². The zero-order valence-corrected chi connectivity index (χ0v) is 15.9. The second kappa shape index (κ2) is 7.14. The standard InChI is InChI=1S/C18H17ClN6S/c1-2-13-15(19)14-16(22-13)23-18(24-17(14)25-5-3-4-6-25)26-12-7-11(8-20)9-21-10-12/h7,9-10H,2-6H2,1H3,(H,22,23,24). The van der Waals surface area contributed by atoms with Crippen LogP contribution in [-0.2, 0) is 6.42 Å². The van der Waals surface area contributed by atoms with Gasteiger partial charge in [0.25, 0.3) is 0 Å². The van der Waals surface area contributed by atoms with Gasteiger partial charge in [-0.3, -0.25) is 4.98 Å². The van der Waals surface area contributed by atoms with Gasteiger partial charge in [0.1, 0.15) is 17.5 Å². The van der Waals surface area contributed by atoms with Crippen LogP contribution in [-0.4, -0.2) is 33.0 Å². The molecule has 6 nitrogen and oxygen atoms in total. The number of nitrogens with zero attached hydrogens (tertiary/aromatic N) is 5. The number of hydrogen-bond acceptors (Lipinski definition) is 6. The van der Waals surface area contributed by atoms with Crippen LogP contribution >= 0.6 is 23.4 Å². The Morgan fingerprint density at radius 3 is 2.85 bits per heavy atom. The molecule has 0 spiro atoms. The number of anilines is 1. The molecule has 1 saturated heterocycles. The van der Waals surface area contributed by atoms with Gasteiger partial charge in [-0.05, 0) is 37.1 Å². The molecule has 0 aromatic carbocycles. The van der Waals surface area contributed by atoms with Crippen LogP contribution in [0, 0.1) is 11.3 Å². The summed E-state index contributed by atoms with van der Waals surface area (Å²) >= 11 is 8.00. The lowest BCUT2D eigenvalue weighted by atomic mass is 10.3. The van der Waals surface area contributed by atoms with Crippen LogP contribution in [0.3, 0.4) is 0 Å². The first-order chi connectivity index (χ1) is 12.7. The molecule has 3 aromatic rings. The smallest absolute Gasteiger partial charge is 0.196 e. The Hall–Kier alpha value is -2.30. The van der Waals surface area contributed by atoms with Crippen LogP contribution in [0.1, 0.15) is 31.0 Å². The van der Waals surface area contributed by atoms with E-state index in [1.807, 2.05) is 0 Å². The van der Waals surface area contributed by atoms with Crippen molar-refractivity contribution in [2.45, 2.75) is 36.2 Å². The lowest BCUT2D eigenvalue weighted by Crippen LogP contribution is -2.19. The average molecular weight is 385 g/mol. The minimum atomic E-state index is 0.520. The average Bonchev–Trinajstić information content (AvgIpc) is 3.30. The monoisotopic (exact) mass is 384 g/mol. The van der Waals surface area contributed by atoms with Crippen LogP contribution < -0.4 is 4.90 Å². The van der Waals surface area contributed by atoms with E-state index >= 15 is 0 Å². The minimum absolute atomic E-state index is 0.520. The van der Waals surface area contributed by atoms with Crippen LogP contribution in [0.4, 0.5) is 5.82 Å². The van der Waals surface area contributed by atoms with Gasteiger partial charge in [-0.25, -0.2) is 9.97 Å². The molecule has 0 amide bonds. The number of aromatic nitrogens is 4. The fourth-order valence-corrected chi connectivity index (χ4v) is 4.29. The Bertz CT molecular complexity index is 1000. The molecule has 8 heteroatoms. The van der Waals surface area contributed by atoms with E-state index in [-0.39, 0.29) is 0 Å². The third kappa shape index (κ3) is 3.11. The van der Waals surface area contributed by atoms with Crippen molar-refractivity contribution in [3.63, 3.8) is 0 Å². The number of aryl methyl sites for hydroxylation is 1. The number of nitrogens with one attached hydrogen (secondary N) is 1. The quantitative estimate of drug-likeness (QED) is 0.679. The Balaban J connectivity index is 1.81. The first kappa shape index (κ1) is 17.1. The number of H-pyrrole nitrogens is 1. The van der Waals surface area contributed by atoms with E-state index < -0.39 is 0 Å². The summed E-state index contributed by atoms with van der Waals surface area (Å²) in [5, 5.41) is 11.3. The number of halogens is 1. The largest absolute Gasteiger partial charge is 0.356 e. The maximum atomic E-state index is 9.06. The van der Waals surface area contributed by atoms with Crippen LogP contribution in [0.15, 0.2) is 28.5 Å². The summed E-state index contributed by atoms with van der Waals surface area (Å²) in [6, 6.07) is 3.90. The van der Waals surface area contributed by atoms with Crippen LogP contribution in [0.25, 0.3) is 11.0 Å². The molecular weight excluding hydrogens is 368 g/mol. The predicted molar refractivity (Wildman–Crippen MR) is 103 cm³/mol. The number of aromatic amines is 1. The maximum absolute atomic E-state index is 9.06. The Morgan fingerprint density at radius 2 is 2.12 bits per heavy atom. The molecule has 4 rings (SSSR count). The highest BCUT2D eigenvalue weighted by atomic mass is 35.5. The normalized spacial score (nSPS) is 14.1. The van der Waals surface area contributed by atoms with Crippen LogP contribution in [0.2, 0.25) is 5.02 Å². The van der Waals surface area contributed by atoms with E-state index in [4.69, 9.17) is 21.8 Å². The van der Waals surface area contributed by atoms with Gasteiger partial charge in [-0.1, -0.05) is 18.5 Å². The summed E-state index contributed by atoms with van der Waals surface area (Å²) in [6.45, 7) is 4.02. The number of pyridine rings is 1. The van der Waals surface area contributed by atoms with Gasteiger partial charge in [-0.15, -0.1) is 0 Å². The second-order valence-electron chi connectivity index (χ2n) is 6.14. The van der Waals surface area contributed by atoms with E-state index in [2.05, 4.69) is 32.8 Å². The molecule has 1 aliphatic heterocycles. The van der Waals surface area contributed by atoms with Crippen molar-refractivity contribution in [3.8, 4) is 6.07 Å². The highest BCUT2D eigenvalue weighted by Gasteiger charge is 2.23. The SMILES string of the molecule is CCc1[nH]c2nc(Sc3cncc(C#N)c3)nc(N3CCCC3)c2c1Cl. The van der Waals surface area contributed by atoms with Crippen molar-refractivity contribution in [3.05, 3.63) is 34.7 Å². The van der Waals surface area contributed by atoms with Gasteiger partial charge in [-0.2, -0.15) is 5.26 Å². The zero-order valence-electron chi connectivity index (χ0n) is 14.3. The van der Waals surface area contributed by atoms with E-state index in [0.29, 0.717) is 15.7 Å². The van der Waals surface area contributed by atoms with Crippen molar-refractivity contribution in [2.75, 3.05) is 18.0 Å². The molecule has 0 aliphatic carbocycles. The highest BCUT2D eigenvalue weighted by Crippen LogP contribution is 2.37. The first-order valence-electron chi connectivity index (χ1n) is 8.55. The topological polar surface area (TPSA) is 81.5 Å². The summed E-state index contributed by atoms with van der Waals surface area (Å²) in [5.41, 5.74) is 2.26. The molecule has 0 bridgehead atoms. The van der Waals surface area contributed by atoms with Gasteiger partial charge >= 0.3 is 0 Å². The summed E-state index contributed by atoms with van der Waals surface area (Å²) in [6.07, 6.45) is 6.39. The van der Waals surface area contributed by atoms with E-state index in [9.17, 15) is 0 Å². The maximum Gasteiger partial charge on any atom is 0.196 e. The lowest BCUT2D eigenvalue weighted by molar-refractivity contribution is 0.895. The van der Waals surface area contributed by atoms with Gasteiger partial charge < -0.3 is 9.88 Å². The molecule has 1 fully saturated rings. The zero-order chi connectivity index (χ0) is 18.1. The molecule has 4 heterocycles. The van der Waals surface area contributed by atoms with E-state index in [0.717, 1.165) is 59.8 Å². The van der Waals surface area contributed by atoms with Gasteiger partial charge in [0.05, 0.1) is 16.0 Å². The molecule has 1 N–H and O–H groups in total. The number of fused-ring (bicyclic) bond motifs is 1. The Kier molecular flexibility index (Phi) is 4.70. The van der Waals surface area contributed by atoms with E-state index in [1.54, 1.807) is 18.5 Å². The third-order valence-electron chi connectivity index (χ3n) is 4.43. The summed E-state index contributed by atoms with van der Waals surface area (Å²) in [4.78, 5) is 20.0. The number of nitriles is 1. The molecule has 0 saturated carbocycles. The first-order valence-corrected chi connectivity index (χ1v) is 9.75. The fraction of sp³-hybridized carbons (Fsp3) is 0.333. The fourth-order valence-electron chi connectivity index (χ4n) is 3.16. The summed E-state index contributed by atoms with van der Waals surface area (Å²) in [5.74, 6) is 0.889. The molecule has 26 heavy (non-hydrogen) atoms. The number of hydrogen-bond donors (Lipinski definition) is 1. The van der Waals surface area contributed by atoms with Crippen molar-refractivity contribution < 1.29 is 0 Å². The Labute approximate surface area is 160 Å². The van der Waals surface area contributed by atoms with Gasteiger partial charge in [0, 0.05) is 36.1 Å². The molecule has 1 aliphatic rings. The van der Waals surface area contributed by atoms with Crippen molar-refractivity contribution in [2.24, 2.45) is 0 Å². The molecular formula is C18H17ClN6S. The predicted octanol–water partition coefficient (Wildman–Crippen LogP) is 4.19. The van der Waals surface area contributed by atoms with Crippen LogP contribution in [0.5, 0.6) is 0 Å². The lowest BCUT2D eigenvalue weighted by Gasteiger charge is -2.18. The van der Waals surface area contributed by atoms with Crippen molar-refractivity contribution in [1.82, 2.24) is 19.9 Å². The highest BCUT2D eigenvalue weighted by molar-refractivity contribution is 7.99. The minimum Gasteiger partial charge on any atom is -0.356 e. The third-order valence-corrected chi connectivity index (χ3v) is 5.67. The Morgan fingerprint density at radius 1 is 1.31 bits per heavy atom. The van der Waals surface area contributed by atoms with Crippen molar-refractivity contribution >= 4 is 40.2 Å². The summed E-state index contributed by atoms with van der Waals surface area (Å²) in [7, 11) is 0. The summed E-state index contributed by atoms with van der Waals surface area (Å²) < 4.78 is 0. The van der Waals surface area contributed by atoms with Gasteiger partial charge in [0.15, 0.2) is 5.16 Å².